The van der Waals surface area contributed by atoms with Gasteiger partial charge in [-0.1, -0.05) is 30.3 Å². The Labute approximate surface area is 154 Å². The number of hydrogen-bond donors (Lipinski definition) is 1. The van der Waals surface area contributed by atoms with Crippen molar-refractivity contribution in [3.05, 3.63) is 88.1 Å². The van der Waals surface area contributed by atoms with E-state index in [1.165, 1.54) is 22.9 Å². The van der Waals surface area contributed by atoms with Gasteiger partial charge >= 0.3 is 0 Å². The first-order valence-electron chi connectivity index (χ1n) is 8.65. The van der Waals surface area contributed by atoms with E-state index in [1.54, 1.807) is 29.2 Å². The molecular formula is C20H18FN3O3. The number of amides is 1. The second-order valence-corrected chi connectivity index (χ2v) is 6.34. The van der Waals surface area contributed by atoms with Crippen molar-refractivity contribution in [1.82, 2.24) is 14.7 Å². The highest BCUT2D eigenvalue weighted by atomic mass is 19.1. The van der Waals surface area contributed by atoms with Crippen LogP contribution in [0, 0.1) is 5.82 Å². The first-order chi connectivity index (χ1) is 13.1. The molecule has 3 aromatic rings. The minimum Gasteiger partial charge on any atom is -0.370 e. The van der Waals surface area contributed by atoms with Crippen molar-refractivity contribution in [3.63, 3.8) is 0 Å². The van der Waals surface area contributed by atoms with E-state index in [4.69, 9.17) is 4.74 Å². The number of halogens is 1. The van der Waals surface area contributed by atoms with Gasteiger partial charge in [0.2, 0.25) is 0 Å². The van der Waals surface area contributed by atoms with Gasteiger partial charge in [-0.2, -0.15) is 0 Å². The van der Waals surface area contributed by atoms with E-state index in [0.29, 0.717) is 25.4 Å². The van der Waals surface area contributed by atoms with Crippen LogP contribution in [0.15, 0.2) is 65.5 Å². The van der Waals surface area contributed by atoms with Crippen LogP contribution in [0.3, 0.4) is 0 Å². The molecule has 1 N–H and O–H groups in total. The molecule has 0 saturated carbocycles. The lowest BCUT2D eigenvalue weighted by Gasteiger charge is -2.33. The number of para-hydroxylation sites is 1. The van der Waals surface area contributed by atoms with Crippen molar-refractivity contribution in [2.24, 2.45) is 0 Å². The third kappa shape index (κ3) is 3.54. The van der Waals surface area contributed by atoms with Crippen LogP contribution in [0.4, 0.5) is 4.39 Å². The van der Waals surface area contributed by atoms with Crippen molar-refractivity contribution in [2.45, 2.75) is 6.10 Å². The Hall–Kier alpha value is -3.19. The number of morpholine rings is 1. The first kappa shape index (κ1) is 17.2. The molecule has 1 unspecified atom stereocenters. The zero-order valence-electron chi connectivity index (χ0n) is 14.5. The van der Waals surface area contributed by atoms with Crippen molar-refractivity contribution >= 4 is 5.91 Å². The van der Waals surface area contributed by atoms with Crippen LogP contribution in [-0.2, 0) is 4.74 Å². The predicted octanol–water partition coefficient (Wildman–Crippen LogP) is 2.52. The van der Waals surface area contributed by atoms with Crippen molar-refractivity contribution in [2.75, 3.05) is 19.7 Å². The second-order valence-electron chi connectivity index (χ2n) is 6.34. The van der Waals surface area contributed by atoms with E-state index < -0.39 is 0 Å². The Morgan fingerprint density at radius 2 is 1.85 bits per heavy atom. The fourth-order valence-corrected chi connectivity index (χ4v) is 3.16. The zero-order chi connectivity index (χ0) is 18.8. The molecule has 1 atom stereocenters. The molecule has 6 nitrogen and oxygen atoms in total. The van der Waals surface area contributed by atoms with Crippen LogP contribution < -0.4 is 5.56 Å². The minimum atomic E-state index is -0.328. The molecule has 2 aromatic carbocycles. The van der Waals surface area contributed by atoms with Gasteiger partial charge in [-0.15, -0.1) is 0 Å². The summed E-state index contributed by atoms with van der Waals surface area (Å²) in [5.74, 6) is -0.584. The number of carbonyl (C=O) groups is 1. The summed E-state index contributed by atoms with van der Waals surface area (Å²) in [6.45, 7) is 1.13. The Bertz CT molecular complexity index is 995. The molecule has 0 spiro atoms. The molecule has 2 heterocycles. The number of carbonyl (C=O) groups excluding carboxylic acids is 1. The van der Waals surface area contributed by atoms with Gasteiger partial charge in [0.1, 0.15) is 17.6 Å². The highest BCUT2D eigenvalue weighted by Gasteiger charge is 2.27. The lowest BCUT2D eigenvalue weighted by Crippen LogP contribution is -2.42. The summed E-state index contributed by atoms with van der Waals surface area (Å²) in [5, 5.41) is 2.88. The van der Waals surface area contributed by atoms with Crippen LogP contribution >= 0.6 is 0 Å². The summed E-state index contributed by atoms with van der Waals surface area (Å²) >= 11 is 0. The second kappa shape index (κ2) is 7.20. The molecule has 1 aliphatic heterocycles. The Morgan fingerprint density at radius 1 is 1.11 bits per heavy atom. The largest absolute Gasteiger partial charge is 0.370 e. The zero-order valence-corrected chi connectivity index (χ0v) is 14.5. The highest BCUT2D eigenvalue weighted by Crippen LogP contribution is 2.23. The van der Waals surface area contributed by atoms with Gasteiger partial charge in [0.05, 0.1) is 18.8 Å². The average molecular weight is 367 g/mol. The van der Waals surface area contributed by atoms with Crippen molar-refractivity contribution in [1.29, 1.82) is 0 Å². The molecule has 1 fully saturated rings. The van der Waals surface area contributed by atoms with Crippen LogP contribution in [-0.4, -0.2) is 40.3 Å². The molecule has 1 aromatic heterocycles. The molecule has 1 aliphatic rings. The van der Waals surface area contributed by atoms with Gasteiger partial charge < -0.3 is 9.64 Å². The quantitative estimate of drug-likeness (QED) is 0.774. The SMILES string of the molecule is O=C(c1cc(=O)n(-c2ccccc2)[nH]1)N1CCOC(c2ccc(F)cc2)C1. The number of hydrogen-bond acceptors (Lipinski definition) is 3. The van der Waals surface area contributed by atoms with Crippen molar-refractivity contribution in [3.8, 4) is 5.69 Å². The topological polar surface area (TPSA) is 67.3 Å². The molecule has 138 valence electrons. The standard InChI is InChI=1S/C20H18FN3O3/c21-15-8-6-14(7-9-15)18-13-23(10-11-27-18)20(26)17-12-19(25)24(22-17)16-4-2-1-3-5-16/h1-9,12,18,22H,10-11,13H2. The van der Waals surface area contributed by atoms with Gasteiger partial charge in [0.15, 0.2) is 0 Å². The minimum absolute atomic E-state index is 0.226. The summed E-state index contributed by atoms with van der Waals surface area (Å²) in [7, 11) is 0. The van der Waals surface area contributed by atoms with Crippen LogP contribution in [0.5, 0.6) is 0 Å². The van der Waals surface area contributed by atoms with Crippen molar-refractivity contribution < 1.29 is 13.9 Å². The number of benzene rings is 2. The van der Waals surface area contributed by atoms with E-state index in [-0.39, 0.29) is 29.1 Å². The smallest absolute Gasteiger partial charge is 0.272 e. The maximum absolute atomic E-state index is 13.1. The number of rotatable bonds is 3. The normalized spacial score (nSPS) is 17.1. The lowest BCUT2D eigenvalue weighted by molar-refractivity contribution is -0.0230. The summed E-state index contributed by atoms with van der Waals surface area (Å²) in [6.07, 6.45) is -0.328. The fraction of sp³-hybridized carbons (Fsp3) is 0.200. The Balaban J connectivity index is 1.54. The van der Waals surface area contributed by atoms with E-state index >= 15 is 0 Å². The molecule has 0 radical (unpaired) electrons. The van der Waals surface area contributed by atoms with Crippen LogP contribution in [0.25, 0.3) is 5.69 Å². The van der Waals surface area contributed by atoms with E-state index in [9.17, 15) is 14.0 Å². The number of H-pyrrole nitrogens is 1. The summed E-state index contributed by atoms with van der Waals surface area (Å²) in [6, 6.07) is 16.4. The Kier molecular flexibility index (Phi) is 4.60. The van der Waals surface area contributed by atoms with E-state index in [1.807, 2.05) is 18.2 Å². The number of aromatic amines is 1. The summed E-state index contributed by atoms with van der Waals surface area (Å²) in [4.78, 5) is 26.7. The molecule has 0 aliphatic carbocycles. The predicted molar refractivity (Wildman–Crippen MR) is 97.4 cm³/mol. The van der Waals surface area contributed by atoms with Gasteiger partial charge in [-0.3, -0.25) is 14.7 Å². The highest BCUT2D eigenvalue weighted by molar-refractivity contribution is 5.92. The molecule has 1 saturated heterocycles. The monoisotopic (exact) mass is 367 g/mol. The van der Waals surface area contributed by atoms with Gasteiger partial charge in [-0.25, -0.2) is 9.07 Å². The number of aromatic nitrogens is 2. The average Bonchev–Trinajstić information content (AvgIpc) is 3.10. The third-order valence-corrected chi connectivity index (χ3v) is 4.56. The summed E-state index contributed by atoms with van der Waals surface area (Å²) in [5.41, 5.74) is 1.40. The first-order valence-corrected chi connectivity index (χ1v) is 8.65. The molecule has 4 rings (SSSR count). The van der Waals surface area contributed by atoms with Gasteiger partial charge in [0.25, 0.3) is 11.5 Å². The third-order valence-electron chi connectivity index (χ3n) is 4.56. The van der Waals surface area contributed by atoms with E-state index in [2.05, 4.69) is 5.10 Å². The number of nitrogens with zero attached hydrogens (tertiary/aromatic N) is 2. The van der Waals surface area contributed by atoms with E-state index in [0.717, 1.165) is 5.56 Å². The maximum atomic E-state index is 13.1. The molecule has 7 heteroatoms. The molecule has 0 bridgehead atoms. The molecule has 1 amide bonds. The van der Waals surface area contributed by atoms with Gasteiger partial charge in [-0.05, 0) is 29.8 Å². The summed E-state index contributed by atoms with van der Waals surface area (Å²) < 4.78 is 20.2. The van der Waals surface area contributed by atoms with Gasteiger partial charge in [0, 0.05) is 12.6 Å². The Morgan fingerprint density at radius 3 is 2.59 bits per heavy atom. The number of nitrogens with one attached hydrogen (secondary N) is 1. The maximum Gasteiger partial charge on any atom is 0.272 e. The molecule has 27 heavy (non-hydrogen) atoms. The number of ether oxygens (including phenoxy) is 1. The lowest BCUT2D eigenvalue weighted by atomic mass is 10.1. The molecular weight excluding hydrogens is 349 g/mol. The van der Waals surface area contributed by atoms with Crippen LogP contribution in [0.2, 0.25) is 0 Å². The fourth-order valence-electron chi connectivity index (χ4n) is 3.16. The van der Waals surface area contributed by atoms with Crippen LogP contribution in [0.1, 0.15) is 22.2 Å².